The first-order valence-electron chi connectivity index (χ1n) is 8.44. The Balaban J connectivity index is 1.56. The number of rotatable bonds is 4. The maximum atomic E-state index is 13.2. The van der Waals surface area contributed by atoms with Gasteiger partial charge in [-0.05, 0) is 66.7 Å². The highest BCUT2D eigenvalue weighted by atomic mass is 19.1. The number of nitrogens with zero attached hydrogens (tertiary/aromatic N) is 3. The highest BCUT2D eigenvalue weighted by Gasteiger charge is 2.11. The number of hydrogen-bond acceptors (Lipinski definition) is 3. The molecule has 0 atom stereocenters. The molecule has 1 heterocycles. The van der Waals surface area contributed by atoms with Crippen LogP contribution >= 0.6 is 0 Å². The minimum Gasteiger partial charge on any atom is -0.322 e. The van der Waals surface area contributed by atoms with Crippen molar-refractivity contribution in [2.24, 2.45) is 0 Å². The summed E-state index contributed by atoms with van der Waals surface area (Å²) in [6, 6.07) is 18.4. The van der Waals surface area contributed by atoms with Gasteiger partial charge in [0.2, 0.25) is 0 Å². The van der Waals surface area contributed by atoms with Gasteiger partial charge in [0, 0.05) is 16.8 Å². The van der Waals surface area contributed by atoms with E-state index in [2.05, 4.69) is 15.6 Å². The Morgan fingerprint density at radius 2 is 1.64 bits per heavy atom. The lowest BCUT2D eigenvalue weighted by Gasteiger charge is -2.08. The second-order valence-electron chi connectivity index (χ2n) is 6.05. The summed E-state index contributed by atoms with van der Waals surface area (Å²) < 4.78 is 28.0. The summed E-state index contributed by atoms with van der Waals surface area (Å²) in [6.45, 7) is 0. The molecule has 7 heteroatoms. The fraction of sp³-hybridized carbons (Fsp3) is 0. The van der Waals surface area contributed by atoms with E-state index in [4.69, 9.17) is 0 Å². The Hall–Kier alpha value is -3.87. The van der Waals surface area contributed by atoms with Gasteiger partial charge in [0.05, 0.1) is 17.6 Å². The van der Waals surface area contributed by atoms with Crippen molar-refractivity contribution < 1.29 is 13.6 Å². The average molecular weight is 376 g/mol. The number of hydrogen-bond donors (Lipinski definition) is 1. The predicted octanol–water partition coefficient (Wildman–Crippen LogP) is 4.46. The molecule has 4 aromatic rings. The van der Waals surface area contributed by atoms with Crippen LogP contribution < -0.4 is 5.32 Å². The van der Waals surface area contributed by atoms with Gasteiger partial charge in [-0.2, -0.15) is 0 Å². The number of nitrogens with one attached hydrogen (secondary N) is 1. The van der Waals surface area contributed by atoms with E-state index in [-0.39, 0.29) is 11.7 Å². The van der Waals surface area contributed by atoms with Gasteiger partial charge in [-0.25, -0.2) is 13.5 Å². The number of carbonyl (C=O) groups excluding carboxylic acids is 1. The van der Waals surface area contributed by atoms with Crippen molar-refractivity contribution in [3.8, 4) is 16.9 Å². The van der Waals surface area contributed by atoms with Crippen LogP contribution in [0.4, 0.5) is 14.5 Å². The third-order valence-electron chi connectivity index (χ3n) is 4.15. The van der Waals surface area contributed by atoms with Gasteiger partial charge >= 0.3 is 0 Å². The zero-order valence-corrected chi connectivity index (χ0v) is 14.5. The highest BCUT2D eigenvalue weighted by molar-refractivity contribution is 6.04. The van der Waals surface area contributed by atoms with Crippen molar-refractivity contribution in [1.29, 1.82) is 0 Å². The van der Waals surface area contributed by atoms with Crippen molar-refractivity contribution in [2.45, 2.75) is 0 Å². The largest absolute Gasteiger partial charge is 0.322 e. The first kappa shape index (κ1) is 17.5. The van der Waals surface area contributed by atoms with Crippen LogP contribution in [-0.2, 0) is 0 Å². The van der Waals surface area contributed by atoms with E-state index >= 15 is 0 Å². The number of halogens is 2. The molecule has 1 aromatic heterocycles. The summed E-state index contributed by atoms with van der Waals surface area (Å²) in [5.41, 5.74) is 2.94. The fourth-order valence-electron chi connectivity index (χ4n) is 2.77. The lowest BCUT2D eigenvalue weighted by molar-refractivity contribution is 0.102. The predicted molar refractivity (Wildman–Crippen MR) is 101 cm³/mol. The van der Waals surface area contributed by atoms with E-state index < -0.39 is 5.82 Å². The molecule has 0 aliphatic heterocycles. The van der Waals surface area contributed by atoms with Gasteiger partial charge in [0.25, 0.3) is 5.91 Å². The second-order valence-corrected chi connectivity index (χ2v) is 6.05. The lowest BCUT2D eigenvalue weighted by Crippen LogP contribution is -2.12. The number of anilines is 1. The Labute approximate surface area is 159 Å². The van der Waals surface area contributed by atoms with Crippen molar-refractivity contribution in [2.75, 3.05) is 5.32 Å². The normalized spacial score (nSPS) is 10.6. The first-order chi connectivity index (χ1) is 13.6. The van der Waals surface area contributed by atoms with E-state index in [9.17, 15) is 13.6 Å². The molecule has 0 saturated carbocycles. The molecular formula is C21H14F2N4O. The van der Waals surface area contributed by atoms with Crippen LogP contribution in [0.3, 0.4) is 0 Å². The summed E-state index contributed by atoms with van der Waals surface area (Å²) in [4.78, 5) is 12.3. The topological polar surface area (TPSA) is 59.8 Å². The molecule has 0 bridgehead atoms. The molecule has 0 radical (unpaired) electrons. The summed E-state index contributed by atoms with van der Waals surface area (Å²) in [6.07, 6.45) is 1.58. The minimum absolute atomic E-state index is 0.323. The molecule has 4 rings (SSSR count). The first-order valence-corrected chi connectivity index (χ1v) is 8.44. The van der Waals surface area contributed by atoms with Crippen LogP contribution in [-0.4, -0.2) is 20.9 Å². The van der Waals surface area contributed by atoms with Crippen LogP contribution in [0.15, 0.2) is 79.0 Å². The summed E-state index contributed by atoms with van der Waals surface area (Å²) in [7, 11) is 0. The van der Waals surface area contributed by atoms with Crippen LogP contribution in [0.1, 0.15) is 10.4 Å². The summed E-state index contributed by atoms with van der Waals surface area (Å²) in [5, 5.41) is 10.6. The molecular weight excluding hydrogens is 362 g/mol. The van der Waals surface area contributed by atoms with E-state index in [1.54, 1.807) is 53.3 Å². The van der Waals surface area contributed by atoms with Crippen molar-refractivity contribution >= 4 is 11.6 Å². The quantitative estimate of drug-likeness (QED) is 0.572. The third-order valence-corrected chi connectivity index (χ3v) is 4.15. The van der Waals surface area contributed by atoms with Crippen molar-refractivity contribution in [3.05, 3.63) is 96.2 Å². The molecule has 3 aromatic carbocycles. The zero-order chi connectivity index (χ0) is 19.5. The standard InChI is InChI=1S/C21H14F2N4O/c22-16-8-4-14(5-9-16)20-13-24-26-27(20)19-10-6-15(7-11-19)21(28)25-18-3-1-2-17(23)12-18/h1-13H,(H,25,28). The van der Waals surface area contributed by atoms with Crippen LogP contribution in [0.25, 0.3) is 16.9 Å². The Morgan fingerprint density at radius 3 is 2.36 bits per heavy atom. The van der Waals surface area contributed by atoms with E-state index in [0.717, 1.165) is 5.56 Å². The molecule has 0 saturated heterocycles. The van der Waals surface area contributed by atoms with Crippen LogP contribution in [0.2, 0.25) is 0 Å². The van der Waals surface area contributed by atoms with Crippen molar-refractivity contribution in [1.82, 2.24) is 15.0 Å². The SMILES string of the molecule is O=C(Nc1cccc(F)c1)c1ccc(-n2nncc2-c2ccc(F)cc2)cc1. The van der Waals surface area contributed by atoms with E-state index in [0.29, 0.717) is 22.6 Å². The molecule has 0 aliphatic carbocycles. The fourth-order valence-corrected chi connectivity index (χ4v) is 2.77. The molecule has 5 nitrogen and oxygen atoms in total. The molecule has 1 N–H and O–H groups in total. The number of amides is 1. The maximum Gasteiger partial charge on any atom is 0.255 e. The van der Waals surface area contributed by atoms with Gasteiger partial charge in [-0.3, -0.25) is 4.79 Å². The Kier molecular flexibility index (Phi) is 4.63. The average Bonchev–Trinajstić information content (AvgIpc) is 3.18. The van der Waals surface area contributed by atoms with E-state index in [1.807, 2.05) is 0 Å². The second kappa shape index (κ2) is 7.40. The number of benzene rings is 3. The third kappa shape index (κ3) is 3.64. The molecule has 0 aliphatic rings. The van der Waals surface area contributed by atoms with Crippen LogP contribution in [0, 0.1) is 11.6 Å². The number of carbonyl (C=O) groups is 1. The maximum absolute atomic E-state index is 13.2. The highest BCUT2D eigenvalue weighted by Crippen LogP contribution is 2.22. The molecule has 0 fully saturated rings. The van der Waals surface area contributed by atoms with Gasteiger partial charge in [0.15, 0.2) is 0 Å². The zero-order valence-electron chi connectivity index (χ0n) is 14.5. The van der Waals surface area contributed by atoms with Gasteiger partial charge in [-0.1, -0.05) is 11.3 Å². The van der Waals surface area contributed by atoms with Crippen molar-refractivity contribution in [3.63, 3.8) is 0 Å². The Morgan fingerprint density at radius 1 is 0.893 bits per heavy atom. The lowest BCUT2D eigenvalue weighted by atomic mass is 10.1. The molecule has 138 valence electrons. The molecule has 0 spiro atoms. The van der Waals surface area contributed by atoms with E-state index in [1.165, 1.54) is 30.3 Å². The molecule has 1 amide bonds. The minimum atomic E-state index is -0.423. The summed E-state index contributed by atoms with van der Waals surface area (Å²) >= 11 is 0. The molecule has 28 heavy (non-hydrogen) atoms. The number of aromatic nitrogens is 3. The van der Waals surface area contributed by atoms with Gasteiger partial charge in [0.1, 0.15) is 11.6 Å². The summed E-state index contributed by atoms with van der Waals surface area (Å²) in [5.74, 6) is -1.10. The smallest absolute Gasteiger partial charge is 0.255 e. The molecule has 0 unspecified atom stereocenters. The van der Waals surface area contributed by atoms with Gasteiger partial charge < -0.3 is 5.32 Å². The van der Waals surface area contributed by atoms with Gasteiger partial charge in [-0.15, -0.1) is 5.10 Å². The Bertz CT molecular complexity index is 1120. The monoisotopic (exact) mass is 376 g/mol. The van der Waals surface area contributed by atoms with Crippen LogP contribution in [0.5, 0.6) is 0 Å².